The van der Waals surface area contributed by atoms with E-state index in [-0.39, 0.29) is 6.10 Å². The molecule has 2 rings (SSSR count). The van der Waals surface area contributed by atoms with Crippen LogP contribution in [0.1, 0.15) is 12.0 Å². The Morgan fingerprint density at radius 2 is 2.41 bits per heavy atom. The lowest BCUT2D eigenvalue weighted by molar-refractivity contribution is 0.0932. The molecule has 1 atom stereocenters. The molecule has 0 aromatic heterocycles. The average molecular weight is 256 g/mol. The predicted octanol–water partition coefficient (Wildman–Crippen LogP) is 2.99. The van der Waals surface area contributed by atoms with Gasteiger partial charge in [0.05, 0.1) is 13.2 Å². The zero-order chi connectivity index (χ0) is 12.3. The summed E-state index contributed by atoms with van der Waals surface area (Å²) in [5.41, 5.74) is 1.60. The van der Waals surface area contributed by atoms with Gasteiger partial charge in [-0.3, -0.25) is 5.32 Å². The van der Waals surface area contributed by atoms with E-state index in [2.05, 4.69) is 5.32 Å². The summed E-state index contributed by atoms with van der Waals surface area (Å²) in [5, 5.41) is 3.25. The Balaban J connectivity index is 1.90. The maximum Gasteiger partial charge on any atom is 0.411 e. The van der Waals surface area contributed by atoms with E-state index >= 15 is 0 Å². The van der Waals surface area contributed by atoms with E-state index in [4.69, 9.17) is 21.1 Å². The lowest BCUT2D eigenvalue weighted by atomic mass is 10.2. The minimum atomic E-state index is -0.472. The molecule has 1 aliphatic heterocycles. The van der Waals surface area contributed by atoms with Crippen LogP contribution < -0.4 is 5.32 Å². The fraction of sp³-hybridized carbons (Fsp3) is 0.417. The third kappa shape index (κ3) is 3.35. The largest absolute Gasteiger partial charge is 0.443 e. The zero-order valence-electron chi connectivity index (χ0n) is 9.53. The number of aryl methyl sites for hydroxylation is 1. The molecule has 0 spiro atoms. The average Bonchev–Trinajstić information content (AvgIpc) is 2.76. The number of ether oxygens (including phenoxy) is 2. The first-order chi connectivity index (χ1) is 8.15. The molecule has 1 unspecified atom stereocenters. The van der Waals surface area contributed by atoms with Crippen LogP contribution in [0, 0.1) is 6.92 Å². The lowest BCUT2D eigenvalue weighted by Crippen LogP contribution is -2.22. The monoisotopic (exact) mass is 255 g/mol. The number of hydrogen-bond acceptors (Lipinski definition) is 3. The molecule has 92 valence electrons. The van der Waals surface area contributed by atoms with E-state index in [1.54, 1.807) is 12.1 Å². The van der Waals surface area contributed by atoms with Crippen molar-refractivity contribution in [1.29, 1.82) is 0 Å². The highest BCUT2D eigenvalue weighted by molar-refractivity contribution is 6.31. The molecule has 1 heterocycles. The van der Waals surface area contributed by atoms with Gasteiger partial charge in [0.25, 0.3) is 0 Å². The normalized spacial score (nSPS) is 19.1. The molecule has 4 nitrogen and oxygen atoms in total. The van der Waals surface area contributed by atoms with E-state index in [1.807, 2.05) is 13.0 Å². The number of carbonyl (C=O) groups is 1. The minimum Gasteiger partial charge on any atom is -0.443 e. The van der Waals surface area contributed by atoms with Crippen LogP contribution in [0.25, 0.3) is 0 Å². The summed E-state index contributed by atoms with van der Waals surface area (Å²) < 4.78 is 10.3. The fourth-order valence-electron chi connectivity index (χ4n) is 1.58. The van der Waals surface area contributed by atoms with E-state index in [0.717, 1.165) is 12.0 Å². The molecule has 1 saturated heterocycles. The van der Waals surface area contributed by atoms with Crippen molar-refractivity contribution >= 4 is 23.4 Å². The van der Waals surface area contributed by atoms with Crippen molar-refractivity contribution in [3.63, 3.8) is 0 Å². The van der Waals surface area contributed by atoms with Crippen LogP contribution in [0.2, 0.25) is 5.02 Å². The number of rotatable bonds is 2. The van der Waals surface area contributed by atoms with Crippen LogP contribution in [0.4, 0.5) is 10.5 Å². The Kier molecular flexibility index (Phi) is 3.86. The highest BCUT2D eigenvalue weighted by Gasteiger charge is 2.19. The second-order valence-corrected chi connectivity index (χ2v) is 4.39. The summed E-state index contributed by atoms with van der Waals surface area (Å²) >= 11 is 5.96. The molecule has 1 N–H and O–H groups in total. The van der Waals surface area contributed by atoms with Crippen molar-refractivity contribution in [2.45, 2.75) is 19.4 Å². The van der Waals surface area contributed by atoms with Gasteiger partial charge in [0.2, 0.25) is 0 Å². The van der Waals surface area contributed by atoms with Crippen LogP contribution in [-0.2, 0) is 9.47 Å². The second-order valence-electron chi connectivity index (χ2n) is 3.98. The topological polar surface area (TPSA) is 47.6 Å². The SMILES string of the molecule is Cc1ccc(NC(=O)OC2CCOC2)cc1Cl. The summed E-state index contributed by atoms with van der Waals surface area (Å²) in [6.07, 6.45) is 0.138. The molecule has 1 fully saturated rings. The molecule has 1 aliphatic rings. The molecular weight excluding hydrogens is 242 g/mol. The van der Waals surface area contributed by atoms with Gasteiger partial charge < -0.3 is 9.47 Å². The maximum absolute atomic E-state index is 11.5. The predicted molar refractivity (Wildman–Crippen MR) is 65.5 cm³/mol. The molecule has 1 aromatic rings. The Labute approximate surface area is 105 Å². The molecule has 1 aromatic carbocycles. The maximum atomic E-state index is 11.5. The van der Waals surface area contributed by atoms with Crippen LogP contribution in [-0.4, -0.2) is 25.4 Å². The number of benzene rings is 1. The Bertz CT molecular complexity index is 416. The summed E-state index contributed by atoms with van der Waals surface area (Å²) in [4.78, 5) is 11.5. The van der Waals surface area contributed by atoms with Crippen LogP contribution >= 0.6 is 11.6 Å². The molecular formula is C12H14ClNO3. The minimum absolute atomic E-state index is 0.143. The van der Waals surface area contributed by atoms with E-state index in [9.17, 15) is 4.79 Å². The fourth-order valence-corrected chi connectivity index (χ4v) is 1.76. The van der Waals surface area contributed by atoms with Crippen molar-refractivity contribution in [3.8, 4) is 0 Å². The van der Waals surface area contributed by atoms with Gasteiger partial charge in [0.1, 0.15) is 6.10 Å². The first-order valence-corrected chi connectivity index (χ1v) is 5.84. The van der Waals surface area contributed by atoms with Gasteiger partial charge >= 0.3 is 6.09 Å². The Morgan fingerprint density at radius 3 is 3.06 bits per heavy atom. The summed E-state index contributed by atoms with van der Waals surface area (Å²) in [7, 11) is 0. The van der Waals surface area contributed by atoms with Gasteiger partial charge in [-0.05, 0) is 24.6 Å². The summed E-state index contributed by atoms with van der Waals surface area (Å²) in [6, 6.07) is 5.33. The van der Waals surface area contributed by atoms with Crippen molar-refractivity contribution in [1.82, 2.24) is 0 Å². The molecule has 5 heteroatoms. The van der Waals surface area contributed by atoms with Gasteiger partial charge in [0.15, 0.2) is 0 Å². The molecule has 0 bridgehead atoms. The number of halogens is 1. The molecule has 0 saturated carbocycles. The van der Waals surface area contributed by atoms with E-state index in [0.29, 0.717) is 23.9 Å². The number of amides is 1. The molecule has 0 radical (unpaired) electrons. The highest BCUT2D eigenvalue weighted by atomic mass is 35.5. The van der Waals surface area contributed by atoms with Crippen LogP contribution in [0.15, 0.2) is 18.2 Å². The third-order valence-corrected chi connectivity index (χ3v) is 2.99. The standard InChI is InChI=1S/C12H14ClNO3/c1-8-2-3-9(6-11(8)13)14-12(15)17-10-4-5-16-7-10/h2-3,6,10H,4-5,7H2,1H3,(H,14,15). The van der Waals surface area contributed by atoms with E-state index in [1.165, 1.54) is 0 Å². The quantitative estimate of drug-likeness (QED) is 0.884. The van der Waals surface area contributed by atoms with Gasteiger partial charge in [-0.2, -0.15) is 0 Å². The summed E-state index contributed by atoms with van der Waals surface area (Å²) in [6.45, 7) is 3.02. The smallest absolute Gasteiger partial charge is 0.411 e. The van der Waals surface area contributed by atoms with Gasteiger partial charge in [-0.25, -0.2) is 4.79 Å². The number of carbonyl (C=O) groups excluding carboxylic acids is 1. The third-order valence-electron chi connectivity index (χ3n) is 2.58. The van der Waals surface area contributed by atoms with Crippen LogP contribution in [0.5, 0.6) is 0 Å². The van der Waals surface area contributed by atoms with Crippen molar-refractivity contribution in [2.24, 2.45) is 0 Å². The first-order valence-electron chi connectivity index (χ1n) is 5.46. The van der Waals surface area contributed by atoms with Gasteiger partial charge in [-0.15, -0.1) is 0 Å². The molecule has 17 heavy (non-hydrogen) atoms. The van der Waals surface area contributed by atoms with Gasteiger partial charge in [-0.1, -0.05) is 17.7 Å². The van der Waals surface area contributed by atoms with Crippen molar-refractivity contribution in [2.75, 3.05) is 18.5 Å². The first kappa shape index (κ1) is 12.2. The molecule has 0 aliphatic carbocycles. The zero-order valence-corrected chi connectivity index (χ0v) is 10.3. The summed E-state index contributed by atoms with van der Waals surface area (Å²) in [5.74, 6) is 0. The highest BCUT2D eigenvalue weighted by Crippen LogP contribution is 2.20. The molecule has 1 amide bonds. The lowest BCUT2D eigenvalue weighted by Gasteiger charge is -2.11. The number of nitrogens with one attached hydrogen (secondary N) is 1. The number of anilines is 1. The number of hydrogen-bond donors (Lipinski definition) is 1. The van der Waals surface area contributed by atoms with Gasteiger partial charge in [0, 0.05) is 17.1 Å². The van der Waals surface area contributed by atoms with E-state index < -0.39 is 6.09 Å². The second kappa shape index (κ2) is 5.38. The van der Waals surface area contributed by atoms with Crippen LogP contribution in [0.3, 0.4) is 0 Å². The Morgan fingerprint density at radius 1 is 1.59 bits per heavy atom. The van der Waals surface area contributed by atoms with Crippen molar-refractivity contribution in [3.05, 3.63) is 28.8 Å². The van der Waals surface area contributed by atoms with Crippen molar-refractivity contribution < 1.29 is 14.3 Å². The Hall–Kier alpha value is -1.26.